The van der Waals surface area contributed by atoms with Crippen LogP contribution in [0.4, 0.5) is 0 Å². The second-order valence-electron chi connectivity index (χ2n) is 5.54. The van der Waals surface area contributed by atoms with Crippen LogP contribution in [0, 0.1) is 13.8 Å². The average molecular weight is 348 g/mol. The molecule has 2 rings (SSSR count). The van der Waals surface area contributed by atoms with Crippen molar-refractivity contribution in [3.05, 3.63) is 63.1 Å². The first-order chi connectivity index (χ1) is 10.0. The Morgan fingerprint density at radius 3 is 2.19 bits per heavy atom. The summed E-state index contributed by atoms with van der Waals surface area (Å²) in [5.74, 6) is 1.31. The van der Waals surface area contributed by atoms with Crippen molar-refractivity contribution in [2.24, 2.45) is 5.73 Å². The molecule has 1 atom stereocenters. The SMILES string of the molecule is Cc1cc(OCc2ccc(C(C)CN)cc2)cc(C)c1Br. The maximum atomic E-state index is 5.89. The molecular formula is C18H22BrNO. The van der Waals surface area contributed by atoms with Gasteiger partial charge in [-0.15, -0.1) is 0 Å². The lowest BCUT2D eigenvalue weighted by Crippen LogP contribution is -2.08. The highest BCUT2D eigenvalue weighted by molar-refractivity contribution is 9.10. The number of benzene rings is 2. The van der Waals surface area contributed by atoms with Crippen molar-refractivity contribution in [1.29, 1.82) is 0 Å². The minimum Gasteiger partial charge on any atom is -0.489 e. The maximum absolute atomic E-state index is 5.89. The van der Waals surface area contributed by atoms with Crippen LogP contribution >= 0.6 is 15.9 Å². The van der Waals surface area contributed by atoms with Crippen LogP contribution in [-0.4, -0.2) is 6.54 Å². The molecule has 0 fully saturated rings. The molecule has 0 saturated heterocycles. The molecule has 0 aliphatic carbocycles. The molecular weight excluding hydrogens is 326 g/mol. The van der Waals surface area contributed by atoms with E-state index >= 15 is 0 Å². The molecule has 0 aliphatic rings. The molecule has 0 amide bonds. The van der Waals surface area contributed by atoms with Gasteiger partial charge in [0.2, 0.25) is 0 Å². The first-order valence-corrected chi connectivity index (χ1v) is 7.99. The maximum Gasteiger partial charge on any atom is 0.120 e. The van der Waals surface area contributed by atoms with Gasteiger partial charge in [-0.2, -0.15) is 0 Å². The highest BCUT2D eigenvalue weighted by Crippen LogP contribution is 2.27. The van der Waals surface area contributed by atoms with Crippen LogP contribution in [0.25, 0.3) is 0 Å². The van der Waals surface area contributed by atoms with Crippen molar-refractivity contribution in [1.82, 2.24) is 0 Å². The van der Waals surface area contributed by atoms with Gasteiger partial charge in [-0.05, 0) is 60.7 Å². The van der Waals surface area contributed by atoms with Gasteiger partial charge < -0.3 is 10.5 Å². The molecule has 0 heterocycles. The van der Waals surface area contributed by atoms with E-state index in [0.717, 1.165) is 10.2 Å². The lowest BCUT2D eigenvalue weighted by atomic mass is 10.0. The minimum atomic E-state index is 0.400. The van der Waals surface area contributed by atoms with E-state index in [-0.39, 0.29) is 0 Å². The molecule has 21 heavy (non-hydrogen) atoms. The van der Waals surface area contributed by atoms with Crippen LogP contribution < -0.4 is 10.5 Å². The lowest BCUT2D eigenvalue weighted by molar-refractivity contribution is 0.305. The monoisotopic (exact) mass is 347 g/mol. The van der Waals surface area contributed by atoms with E-state index in [2.05, 4.69) is 73.1 Å². The molecule has 112 valence electrons. The van der Waals surface area contributed by atoms with Gasteiger partial charge in [0.1, 0.15) is 12.4 Å². The van der Waals surface area contributed by atoms with E-state index in [0.29, 0.717) is 19.1 Å². The molecule has 0 saturated carbocycles. The Hall–Kier alpha value is -1.32. The van der Waals surface area contributed by atoms with Crippen molar-refractivity contribution in [3.63, 3.8) is 0 Å². The van der Waals surface area contributed by atoms with Gasteiger partial charge in [-0.25, -0.2) is 0 Å². The Balaban J connectivity index is 2.03. The third-order valence-corrected chi connectivity index (χ3v) is 4.97. The summed E-state index contributed by atoms with van der Waals surface area (Å²) in [4.78, 5) is 0. The number of hydrogen-bond donors (Lipinski definition) is 1. The van der Waals surface area contributed by atoms with Gasteiger partial charge in [-0.1, -0.05) is 47.1 Å². The van der Waals surface area contributed by atoms with Gasteiger partial charge in [0.25, 0.3) is 0 Å². The van der Waals surface area contributed by atoms with E-state index in [1.807, 2.05) is 0 Å². The van der Waals surface area contributed by atoms with E-state index in [9.17, 15) is 0 Å². The Labute approximate surface area is 135 Å². The fourth-order valence-electron chi connectivity index (χ4n) is 2.23. The summed E-state index contributed by atoms with van der Waals surface area (Å²) in [7, 11) is 0. The second kappa shape index (κ2) is 7.10. The third-order valence-electron chi connectivity index (χ3n) is 3.72. The standard InChI is InChI=1S/C18H22BrNO/c1-12-8-17(9-13(2)18(12)19)21-11-15-4-6-16(7-5-15)14(3)10-20/h4-9,14H,10-11,20H2,1-3H3. The molecule has 0 bridgehead atoms. The van der Waals surface area contributed by atoms with E-state index < -0.39 is 0 Å². The molecule has 0 radical (unpaired) electrons. The van der Waals surface area contributed by atoms with Crippen LogP contribution in [0.3, 0.4) is 0 Å². The predicted molar refractivity (Wildman–Crippen MR) is 91.9 cm³/mol. The van der Waals surface area contributed by atoms with Crippen molar-refractivity contribution in [2.75, 3.05) is 6.54 Å². The number of halogens is 1. The van der Waals surface area contributed by atoms with Crippen LogP contribution in [0.1, 0.15) is 35.1 Å². The van der Waals surface area contributed by atoms with Crippen molar-refractivity contribution in [2.45, 2.75) is 33.3 Å². The van der Waals surface area contributed by atoms with E-state index in [1.165, 1.54) is 22.3 Å². The Morgan fingerprint density at radius 2 is 1.67 bits per heavy atom. The van der Waals surface area contributed by atoms with Crippen LogP contribution in [0.5, 0.6) is 5.75 Å². The number of ether oxygens (including phenoxy) is 1. The molecule has 3 heteroatoms. The first-order valence-electron chi connectivity index (χ1n) is 7.19. The zero-order chi connectivity index (χ0) is 15.4. The normalized spacial score (nSPS) is 12.2. The van der Waals surface area contributed by atoms with Crippen LogP contribution in [0.15, 0.2) is 40.9 Å². The minimum absolute atomic E-state index is 0.400. The molecule has 2 nitrogen and oxygen atoms in total. The molecule has 2 N–H and O–H groups in total. The summed E-state index contributed by atoms with van der Waals surface area (Å²) in [6.07, 6.45) is 0. The molecule has 1 unspecified atom stereocenters. The van der Waals surface area contributed by atoms with Crippen molar-refractivity contribution in [3.8, 4) is 5.75 Å². The average Bonchev–Trinajstić information content (AvgIpc) is 2.50. The van der Waals surface area contributed by atoms with E-state index in [4.69, 9.17) is 10.5 Å². The van der Waals surface area contributed by atoms with Gasteiger partial charge >= 0.3 is 0 Å². The summed E-state index contributed by atoms with van der Waals surface area (Å²) in [6, 6.07) is 12.6. The molecule has 2 aromatic carbocycles. The summed E-state index contributed by atoms with van der Waals surface area (Å²) in [5.41, 5.74) is 10.5. The Bertz CT molecular complexity index is 584. The van der Waals surface area contributed by atoms with Crippen molar-refractivity contribution < 1.29 is 4.74 Å². The fraction of sp³-hybridized carbons (Fsp3) is 0.333. The number of rotatable bonds is 5. The lowest BCUT2D eigenvalue weighted by Gasteiger charge is -2.12. The predicted octanol–water partition coefficient (Wildman–Crippen LogP) is 4.71. The zero-order valence-corrected chi connectivity index (χ0v) is 14.4. The second-order valence-corrected chi connectivity index (χ2v) is 6.33. The number of aryl methyl sites for hydroxylation is 2. The van der Waals surface area contributed by atoms with Crippen molar-refractivity contribution >= 4 is 15.9 Å². The molecule has 0 spiro atoms. The van der Waals surface area contributed by atoms with Crippen LogP contribution in [0.2, 0.25) is 0 Å². The molecule has 2 aromatic rings. The number of hydrogen-bond acceptors (Lipinski definition) is 2. The summed E-state index contributed by atoms with van der Waals surface area (Å²) < 4.78 is 7.04. The van der Waals surface area contributed by atoms with Gasteiger partial charge in [0.05, 0.1) is 0 Å². The number of nitrogens with two attached hydrogens (primary N) is 1. The topological polar surface area (TPSA) is 35.2 Å². The van der Waals surface area contributed by atoms with Gasteiger partial charge in [-0.3, -0.25) is 0 Å². The fourth-order valence-corrected chi connectivity index (χ4v) is 2.46. The summed E-state index contributed by atoms with van der Waals surface area (Å²) >= 11 is 3.57. The smallest absolute Gasteiger partial charge is 0.120 e. The van der Waals surface area contributed by atoms with Gasteiger partial charge in [0.15, 0.2) is 0 Å². The largest absolute Gasteiger partial charge is 0.489 e. The Kier molecular flexibility index (Phi) is 5.43. The van der Waals surface area contributed by atoms with Crippen LogP contribution in [-0.2, 0) is 6.61 Å². The van der Waals surface area contributed by atoms with Gasteiger partial charge in [0, 0.05) is 4.47 Å². The quantitative estimate of drug-likeness (QED) is 0.850. The highest BCUT2D eigenvalue weighted by Gasteiger charge is 2.05. The summed E-state index contributed by atoms with van der Waals surface area (Å²) in [6.45, 7) is 7.55. The van der Waals surface area contributed by atoms with E-state index in [1.54, 1.807) is 0 Å². The molecule has 0 aromatic heterocycles. The molecule has 0 aliphatic heterocycles. The zero-order valence-electron chi connectivity index (χ0n) is 12.8. The Morgan fingerprint density at radius 1 is 1.10 bits per heavy atom. The summed E-state index contributed by atoms with van der Waals surface area (Å²) in [5, 5.41) is 0. The highest BCUT2D eigenvalue weighted by atomic mass is 79.9. The first kappa shape index (κ1) is 16.1. The third kappa shape index (κ3) is 4.08.